The minimum Gasteiger partial charge on any atom is -0.480 e. The van der Waals surface area contributed by atoms with Gasteiger partial charge in [0.15, 0.2) is 0 Å². The van der Waals surface area contributed by atoms with Crippen molar-refractivity contribution in [2.75, 3.05) is 20.2 Å². The molecule has 6 heteroatoms. The Morgan fingerprint density at radius 3 is 2.72 bits per heavy atom. The number of hydrogen-bond donors (Lipinski definition) is 1. The van der Waals surface area contributed by atoms with Crippen molar-refractivity contribution in [1.29, 1.82) is 0 Å². The van der Waals surface area contributed by atoms with E-state index in [0.717, 1.165) is 4.90 Å². The summed E-state index contributed by atoms with van der Waals surface area (Å²) in [6.07, 6.45) is -0.576. The average molecular weight is 261 g/mol. The van der Waals surface area contributed by atoms with Gasteiger partial charge in [-0.15, -0.1) is 0 Å². The molecule has 3 atom stereocenters. The maximum Gasteiger partial charge on any atom is 0.411 e. The van der Waals surface area contributed by atoms with Crippen molar-refractivity contribution in [1.82, 2.24) is 4.90 Å². The number of carboxylic acids is 1. The summed E-state index contributed by atoms with van der Waals surface area (Å²) in [6, 6.07) is -1.02. The maximum atomic E-state index is 12.0. The molecular weight excluding hydrogens is 238 g/mol. The lowest BCUT2D eigenvalue weighted by molar-refractivity contribution is -0.142. The topological polar surface area (TPSA) is 76.1 Å². The SMILES string of the molecule is [2H]COC([2H])[C@H]1C[C@@H](C(=O)O)N(C(=O)OC(C)(C)C)C1. The molecule has 0 radical (unpaired) electrons. The molecule has 1 unspecified atom stereocenters. The van der Waals surface area contributed by atoms with E-state index in [-0.39, 0.29) is 20.1 Å². The molecule has 1 rings (SSSR count). The fourth-order valence-corrected chi connectivity index (χ4v) is 1.86. The zero-order valence-electron chi connectivity index (χ0n) is 12.9. The van der Waals surface area contributed by atoms with Crippen molar-refractivity contribution in [3.63, 3.8) is 0 Å². The number of rotatable bonds is 3. The molecule has 0 aromatic heterocycles. The molecule has 0 bridgehead atoms. The van der Waals surface area contributed by atoms with Crippen LogP contribution >= 0.6 is 0 Å². The number of carbonyl (C=O) groups excluding carboxylic acids is 1. The van der Waals surface area contributed by atoms with Crippen molar-refractivity contribution in [3.05, 3.63) is 0 Å². The largest absolute Gasteiger partial charge is 0.480 e. The molecule has 1 fully saturated rings. The van der Waals surface area contributed by atoms with Gasteiger partial charge in [0.1, 0.15) is 11.6 Å². The van der Waals surface area contributed by atoms with Crippen LogP contribution in [0.2, 0.25) is 0 Å². The lowest BCUT2D eigenvalue weighted by Gasteiger charge is -2.26. The number of amides is 1. The second-order valence-corrected chi connectivity index (χ2v) is 5.29. The van der Waals surface area contributed by atoms with Gasteiger partial charge >= 0.3 is 12.1 Å². The first-order valence-corrected chi connectivity index (χ1v) is 5.71. The Bertz CT molecular complexity index is 371. The Morgan fingerprint density at radius 2 is 2.22 bits per heavy atom. The zero-order chi connectivity index (χ0) is 15.5. The molecule has 104 valence electrons. The van der Waals surface area contributed by atoms with Crippen molar-refractivity contribution < 1.29 is 26.9 Å². The minimum atomic E-state index is -1.13. The smallest absolute Gasteiger partial charge is 0.411 e. The van der Waals surface area contributed by atoms with Gasteiger partial charge in [0.2, 0.25) is 0 Å². The van der Waals surface area contributed by atoms with Crippen molar-refractivity contribution in [2.24, 2.45) is 5.92 Å². The molecule has 0 aromatic rings. The van der Waals surface area contributed by atoms with Gasteiger partial charge < -0.3 is 14.6 Å². The first-order valence-electron chi connectivity index (χ1n) is 6.99. The second kappa shape index (κ2) is 5.56. The summed E-state index contributed by atoms with van der Waals surface area (Å²) in [6.45, 7) is 4.17. The highest BCUT2D eigenvalue weighted by molar-refractivity contribution is 5.81. The van der Waals surface area contributed by atoms with Crippen LogP contribution in [-0.4, -0.2) is 53.9 Å². The molecule has 0 aromatic carbocycles. The number of likely N-dealkylation sites (tertiary alicyclic amines) is 1. The van der Waals surface area contributed by atoms with Gasteiger partial charge in [-0.2, -0.15) is 0 Å². The fourth-order valence-electron chi connectivity index (χ4n) is 1.86. The number of carbonyl (C=O) groups is 2. The molecule has 0 saturated carbocycles. The van der Waals surface area contributed by atoms with Crippen molar-refractivity contribution >= 4 is 12.1 Å². The highest BCUT2D eigenvalue weighted by Crippen LogP contribution is 2.25. The number of aliphatic carboxylic acids is 1. The molecule has 0 spiro atoms. The Morgan fingerprint density at radius 1 is 1.56 bits per heavy atom. The predicted octanol–water partition coefficient (Wildman–Crippen LogP) is 1.34. The summed E-state index contributed by atoms with van der Waals surface area (Å²) in [5.74, 6) is -1.56. The zero-order valence-corrected chi connectivity index (χ0v) is 10.9. The second-order valence-electron chi connectivity index (χ2n) is 5.29. The van der Waals surface area contributed by atoms with E-state index in [1.54, 1.807) is 20.8 Å². The predicted molar refractivity (Wildman–Crippen MR) is 64.3 cm³/mol. The Balaban J connectivity index is 2.77. The normalized spacial score (nSPS) is 27.4. The van der Waals surface area contributed by atoms with E-state index in [1.807, 2.05) is 0 Å². The maximum absolute atomic E-state index is 12.0. The van der Waals surface area contributed by atoms with Gasteiger partial charge in [-0.25, -0.2) is 9.59 Å². The lowest BCUT2D eigenvalue weighted by Crippen LogP contribution is -2.43. The van der Waals surface area contributed by atoms with Crippen LogP contribution in [0.1, 0.15) is 29.9 Å². The number of nitrogens with zero attached hydrogens (tertiary/aromatic N) is 1. The minimum absolute atomic E-state index is 0.0834. The molecule has 1 N–H and O–H groups in total. The number of ether oxygens (including phenoxy) is 2. The van der Waals surface area contributed by atoms with Crippen LogP contribution in [0.15, 0.2) is 0 Å². The van der Waals surface area contributed by atoms with E-state index in [9.17, 15) is 14.7 Å². The van der Waals surface area contributed by atoms with Gasteiger partial charge in [-0.3, -0.25) is 4.90 Å². The summed E-state index contributed by atoms with van der Waals surface area (Å²) < 4.78 is 24.6. The third kappa shape index (κ3) is 3.87. The molecule has 1 aliphatic heterocycles. The van der Waals surface area contributed by atoms with Gasteiger partial charge in [0, 0.05) is 19.5 Å². The molecule has 18 heavy (non-hydrogen) atoms. The van der Waals surface area contributed by atoms with Gasteiger partial charge in [0.25, 0.3) is 0 Å². The number of carboxylic acid groups (broad SMARTS) is 1. The van der Waals surface area contributed by atoms with E-state index >= 15 is 0 Å². The molecule has 6 nitrogen and oxygen atoms in total. The van der Waals surface area contributed by atoms with Crippen molar-refractivity contribution in [2.45, 2.75) is 38.8 Å². The van der Waals surface area contributed by atoms with E-state index in [1.165, 1.54) is 0 Å². The first-order chi connectivity index (χ1) is 9.15. The summed E-state index contributed by atoms with van der Waals surface area (Å²) in [5.41, 5.74) is -0.712. The highest BCUT2D eigenvalue weighted by Gasteiger charge is 2.41. The molecule has 1 heterocycles. The van der Waals surface area contributed by atoms with Gasteiger partial charge in [-0.05, 0) is 27.2 Å². The molecule has 1 amide bonds. The summed E-state index contributed by atoms with van der Waals surface area (Å²) in [7, 11) is -0.366. The van der Waals surface area contributed by atoms with Crippen LogP contribution in [0.25, 0.3) is 0 Å². The lowest BCUT2D eigenvalue weighted by atomic mass is 10.1. The molecular formula is C12H21NO5. The fraction of sp³-hybridized carbons (Fsp3) is 0.833. The van der Waals surface area contributed by atoms with Crippen LogP contribution in [0.5, 0.6) is 0 Å². The first kappa shape index (κ1) is 11.8. The Labute approximate surface area is 110 Å². The van der Waals surface area contributed by atoms with E-state index in [0.29, 0.717) is 0 Å². The van der Waals surface area contributed by atoms with Crippen LogP contribution < -0.4 is 0 Å². The monoisotopic (exact) mass is 261 g/mol. The van der Waals surface area contributed by atoms with Crippen LogP contribution in [0.4, 0.5) is 4.79 Å². The van der Waals surface area contributed by atoms with E-state index in [2.05, 4.69) is 0 Å². The van der Waals surface area contributed by atoms with Crippen LogP contribution in [0.3, 0.4) is 0 Å². The van der Waals surface area contributed by atoms with E-state index in [4.69, 9.17) is 12.2 Å². The standard InChI is InChI=1S/C12H21NO5/c1-12(2,3)18-11(16)13-6-8(7-17-4)5-9(13)10(14)15/h8-9H,5-7H2,1-4H3,(H,14,15)/t8-,9-/m0/s1/i4D,7D/t7?,8-,9-. The van der Waals surface area contributed by atoms with Gasteiger partial charge in [-0.1, -0.05) is 0 Å². The van der Waals surface area contributed by atoms with E-state index < -0.39 is 36.2 Å². The molecule has 1 saturated heterocycles. The van der Waals surface area contributed by atoms with Crippen molar-refractivity contribution in [3.8, 4) is 0 Å². The third-order valence-electron chi connectivity index (χ3n) is 2.54. The average Bonchev–Trinajstić information content (AvgIpc) is 2.71. The molecule has 1 aliphatic rings. The van der Waals surface area contributed by atoms with Crippen LogP contribution in [-0.2, 0) is 14.3 Å². The third-order valence-corrected chi connectivity index (χ3v) is 2.54. The quantitative estimate of drug-likeness (QED) is 0.829. The molecule has 0 aliphatic carbocycles. The Kier molecular flexibility index (Phi) is 3.64. The summed E-state index contributed by atoms with van der Waals surface area (Å²) >= 11 is 0. The summed E-state index contributed by atoms with van der Waals surface area (Å²) in [4.78, 5) is 24.3. The Hall–Kier alpha value is -1.30. The number of hydrogen-bond acceptors (Lipinski definition) is 4. The van der Waals surface area contributed by atoms with Gasteiger partial charge in [0.05, 0.1) is 9.32 Å². The number of methoxy groups -OCH3 is 1. The summed E-state index contributed by atoms with van der Waals surface area (Å²) in [5, 5.41) is 9.17. The highest BCUT2D eigenvalue weighted by atomic mass is 16.6. The van der Waals surface area contributed by atoms with Crippen LogP contribution in [0, 0.1) is 5.92 Å².